The first-order valence-corrected chi connectivity index (χ1v) is 9.04. The highest BCUT2D eigenvalue weighted by Gasteiger charge is 2.56. The van der Waals surface area contributed by atoms with Gasteiger partial charge in [-0.2, -0.15) is 0 Å². The lowest BCUT2D eigenvalue weighted by Crippen LogP contribution is -2.63. The summed E-state index contributed by atoms with van der Waals surface area (Å²) in [6.07, 6.45) is 2.16. The SMILES string of the molecule is CCO[C@H]1C[C@@H](O)C12CCN(C(=O)NCc1ccc(OC)cc1)CC2. The Morgan fingerprint density at radius 1 is 1.32 bits per heavy atom. The summed E-state index contributed by atoms with van der Waals surface area (Å²) in [5.41, 5.74) is 0.886. The van der Waals surface area contributed by atoms with Crippen LogP contribution in [0.25, 0.3) is 0 Å². The Labute approximate surface area is 149 Å². The number of piperidine rings is 1. The lowest BCUT2D eigenvalue weighted by atomic mass is 9.58. The molecular weight excluding hydrogens is 320 g/mol. The molecule has 6 heteroatoms. The molecule has 2 N–H and O–H groups in total. The predicted octanol–water partition coefficient (Wildman–Crippen LogP) is 2.16. The van der Waals surface area contributed by atoms with E-state index in [-0.39, 0.29) is 23.7 Å². The Bertz CT molecular complexity index is 580. The lowest BCUT2D eigenvalue weighted by Gasteiger charge is -2.56. The molecule has 1 aromatic rings. The average Bonchev–Trinajstić information content (AvgIpc) is 2.66. The molecule has 3 rings (SSSR count). The zero-order valence-corrected chi connectivity index (χ0v) is 15.0. The van der Waals surface area contributed by atoms with Gasteiger partial charge in [-0.25, -0.2) is 4.79 Å². The van der Waals surface area contributed by atoms with Crippen molar-refractivity contribution >= 4 is 6.03 Å². The van der Waals surface area contributed by atoms with Crippen molar-refractivity contribution in [3.05, 3.63) is 29.8 Å². The van der Waals surface area contributed by atoms with Gasteiger partial charge in [0.1, 0.15) is 5.75 Å². The fraction of sp³-hybridized carbons (Fsp3) is 0.632. The molecule has 1 aromatic carbocycles. The molecule has 0 aromatic heterocycles. The molecular formula is C19H28N2O4. The van der Waals surface area contributed by atoms with Crippen LogP contribution in [0.5, 0.6) is 5.75 Å². The average molecular weight is 348 g/mol. The minimum absolute atomic E-state index is 0.0487. The standard InChI is InChI=1S/C19H28N2O4/c1-3-25-17-12-16(22)19(17)8-10-21(11-9-19)18(23)20-13-14-4-6-15(24-2)7-5-14/h4-7,16-17,22H,3,8-13H2,1-2H3,(H,20,23)/t16-,17+/m1/s1. The first-order valence-electron chi connectivity index (χ1n) is 9.04. The minimum Gasteiger partial charge on any atom is -0.497 e. The van der Waals surface area contributed by atoms with E-state index >= 15 is 0 Å². The van der Waals surface area contributed by atoms with E-state index < -0.39 is 0 Å². The van der Waals surface area contributed by atoms with Crippen LogP contribution in [0.3, 0.4) is 0 Å². The first-order chi connectivity index (χ1) is 12.1. The third-order valence-corrected chi connectivity index (χ3v) is 5.69. The summed E-state index contributed by atoms with van der Waals surface area (Å²) in [6, 6.07) is 7.62. The molecule has 1 heterocycles. The van der Waals surface area contributed by atoms with E-state index in [9.17, 15) is 9.90 Å². The number of benzene rings is 1. The molecule has 0 unspecified atom stereocenters. The maximum absolute atomic E-state index is 12.4. The smallest absolute Gasteiger partial charge is 0.317 e. The van der Waals surface area contributed by atoms with Gasteiger partial charge in [0.05, 0.1) is 19.3 Å². The van der Waals surface area contributed by atoms with Gasteiger partial charge in [0.2, 0.25) is 0 Å². The van der Waals surface area contributed by atoms with E-state index in [1.807, 2.05) is 36.1 Å². The van der Waals surface area contributed by atoms with Crippen molar-refractivity contribution < 1.29 is 19.4 Å². The number of rotatable bonds is 5. The second-order valence-electron chi connectivity index (χ2n) is 6.92. The van der Waals surface area contributed by atoms with Gasteiger partial charge in [-0.3, -0.25) is 0 Å². The van der Waals surface area contributed by atoms with Gasteiger partial charge in [0.25, 0.3) is 0 Å². The number of amides is 2. The molecule has 1 aliphatic heterocycles. The van der Waals surface area contributed by atoms with E-state index in [2.05, 4.69) is 5.32 Å². The Morgan fingerprint density at radius 3 is 2.56 bits per heavy atom. The number of methoxy groups -OCH3 is 1. The molecule has 0 radical (unpaired) electrons. The number of aliphatic hydroxyl groups excluding tert-OH is 1. The Balaban J connectivity index is 1.48. The van der Waals surface area contributed by atoms with Gasteiger partial charge in [-0.15, -0.1) is 0 Å². The molecule has 1 saturated heterocycles. The van der Waals surface area contributed by atoms with Crippen LogP contribution in [0.1, 0.15) is 31.7 Å². The molecule has 0 bridgehead atoms. The highest BCUT2D eigenvalue weighted by molar-refractivity contribution is 5.74. The van der Waals surface area contributed by atoms with Gasteiger partial charge in [0, 0.05) is 38.1 Å². The summed E-state index contributed by atoms with van der Waals surface area (Å²) in [7, 11) is 1.63. The summed E-state index contributed by atoms with van der Waals surface area (Å²) in [6.45, 7) is 4.48. The lowest BCUT2D eigenvalue weighted by molar-refractivity contribution is -0.207. The quantitative estimate of drug-likeness (QED) is 0.855. The van der Waals surface area contributed by atoms with Crippen LogP contribution in [-0.4, -0.2) is 55.1 Å². The highest BCUT2D eigenvalue weighted by Crippen LogP contribution is 2.50. The van der Waals surface area contributed by atoms with Crippen LogP contribution in [0.2, 0.25) is 0 Å². The fourth-order valence-corrected chi connectivity index (χ4v) is 3.98. The maximum atomic E-state index is 12.4. The monoisotopic (exact) mass is 348 g/mol. The minimum atomic E-state index is -0.298. The molecule has 2 fully saturated rings. The normalized spacial score (nSPS) is 24.7. The van der Waals surface area contributed by atoms with Crippen molar-refractivity contribution in [2.75, 3.05) is 26.8 Å². The maximum Gasteiger partial charge on any atom is 0.317 e. The molecule has 138 valence electrons. The van der Waals surface area contributed by atoms with Gasteiger partial charge in [0.15, 0.2) is 0 Å². The molecule has 1 saturated carbocycles. The zero-order chi connectivity index (χ0) is 17.9. The highest BCUT2D eigenvalue weighted by atomic mass is 16.5. The summed E-state index contributed by atoms with van der Waals surface area (Å²) in [5, 5.41) is 13.2. The Kier molecular flexibility index (Phi) is 5.49. The number of nitrogens with one attached hydrogen (secondary N) is 1. The number of carbonyl (C=O) groups excluding carboxylic acids is 1. The first kappa shape index (κ1) is 18.0. The van der Waals surface area contributed by atoms with Crippen molar-refractivity contribution in [2.24, 2.45) is 5.41 Å². The summed E-state index contributed by atoms with van der Waals surface area (Å²) in [4.78, 5) is 14.2. The molecule has 1 aliphatic carbocycles. The van der Waals surface area contributed by atoms with E-state index in [1.165, 1.54) is 0 Å². The predicted molar refractivity (Wildman–Crippen MR) is 94.5 cm³/mol. The number of hydrogen-bond donors (Lipinski definition) is 2. The number of aliphatic hydroxyl groups is 1. The van der Waals surface area contributed by atoms with E-state index in [0.717, 1.165) is 30.6 Å². The largest absolute Gasteiger partial charge is 0.497 e. The number of likely N-dealkylation sites (tertiary alicyclic amines) is 1. The molecule has 2 amide bonds. The Hall–Kier alpha value is -1.79. The van der Waals surface area contributed by atoms with Crippen molar-refractivity contribution in [1.29, 1.82) is 0 Å². The third-order valence-electron chi connectivity index (χ3n) is 5.69. The number of urea groups is 1. The fourth-order valence-electron chi connectivity index (χ4n) is 3.98. The molecule has 6 nitrogen and oxygen atoms in total. The van der Waals surface area contributed by atoms with Crippen molar-refractivity contribution in [1.82, 2.24) is 10.2 Å². The van der Waals surface area contributed by atoms with E-state index in [4.69, 9.17) is 9.47 Å². The number of nitrogens with zero attached hydrogens (tertiary/aromatic N) is 1. The summed E-state index contributed by atoms with van der Waals surface area (Å²) in [5.74, 6) is 0.805. The van der Waals surface area contributed by atoms with Crippen molar-refractivity contribution in [2.45, 2.75) is 44.9 Å². The van der Waals surface area contributed by atoms with Crippen LogP contribution in [0.4, 0.5) is 4.79 Å². The third kappa shape index (κ3) is 3.60. The topological polar surface area (TPSA) is 71.0 Å². The van der Waals surface area contributed by atoms with Gasteiger partial charge in [-0.1, -0.05) is 12.1 Å². The van der Waals surface area contributed by atoms with Crippen LogP contribution >= 0.6 is 0 Å². The van der Waals surface area contributed by atoms with Crippen LogP contribution in [-0.2, 0) is 11.3 Å². The Morgan fingerprint density at radius 2 is 2.00 bits per heavy atom. The number of ether oxygens (including phenoxy) is 2. The van der Waals surface area contributed by atoms with Crippen LogP contribution in [0, 0.1) is 5.41 Å². The van der Waals surface area contributed by atoms with Crippen molar-refractivity contribution in [3.8, 4) is 5.75 Å². The molecule has 2 atom stereocenters. The van der Waals surface area contributed by atoms with Gasteiger partial charge < -0.3 is 24.8 Å². The molecule has 25 heavy (non-hydrogen) atoms. The van der Waals surface area contributed by atoms with Crippen LogP contribution in [0.15, 0.2) is 24.3 Å². The second kappa shape index (κ2) is 7.62. The van der Waals surface area contributed by atoms with Gasteiger partial charge in [-0.05, 0) is 37.5 Å². The molecule has 1 spiro atoms. The van der Waals surface area contributed by atoms with Crippen LogP contribution < -0.4 is 10.1 Å². The van der Waals surface area contributed by atoms with E-state index in [0.29, 0.717) is 26.2 Å². The molecule has 2 aliphatic rings. The zero-order valence-electron chi connectivity index (χ0n) is 15.0. The summed E-state index contributed by atoms with van der Waals surface area (Å²) < 4.78 is 10.9. The van der Waals surface area contributed by atoms with E-state index in [1.54, 1.807) is 7.11 Å². The van der Waals surface area contributed by atoms with Crippen molar-refractivity contribution in [3.63, 3.8) is 0 Å². The number of carbonyl (C=O) groups is 1. The summed E-state index contributed by atoms with van der Waals surface area (Å²) >= 11 is 0. The number of hydrogen-bond acceptors (Lipinski definition) is 4. The van der Waals surface area contributed by atoms with Gasteiger partial charge >= 0.3 is 6.03 Å². The second-order valence-corrected chi connectivity index (χ2v) is 6.92.